The second-order valence-corrected chi connectivity index (χ2v) is 17.0. The molecule has 1 heterocycles. The van der Waals surface area contributed by atoms with Gasteiger partial charge in [0.25, 0.3) is 0 Å². The summed E-state index contributed by atoms with van der Waals surface area (Å²) in [4.78, 5) is 49.4. The van der Waals surface area contributed by atoms with Crippen LogP contribution in [0.1, 0.15) is 125 Å². The van der Waals surface area contributed by atoms with Crippen LogP contribution in [0.2, 0.25) is 0 Å². The number of ether oxygens (including phenoxy) is 1. The molecule has 4 saturated carbocycles. The molecule has 4 fully saturated rings. The summed E-state index contributed by atoms with van der Waals surface area (Å²) in [6.07, 6.45) is 10.3. The van der Waals surface area contributed by atoms with Gasteiger partial charge in [0, 0.05) is 30.7 Å². The summed E-state index contributed by atoms with van der Waals surface area (Å²) in [6, 6.07) is 1.86. The van der Waals surface area contributed by atoms with E-state index in [-0.39, 0.29) is 63.6 Å². The van der Waals surface area contributed by atoms with E-state index < -0.39 is 5.41 Å². The molecule has 0 unspecified atom stereocenters. The van der Waals surface area contributed by atoms with E-state index in [0.29, 0.717) is 24.1 Å². The standard InChI is InChI=1S/C38H54N2O4/c1-22(2)32-26(42)21-38(29(43)20-31-39-19-14-23(3)40-31)18-17-36(8)25(33(32)38)10-11-28-35(7)15-13-30(44-24(4)41)34(5,6)27(35)12-16-37(28,36)9/h14,19,22,25,27-28,30H,10-13,15-18,20-21H2,1-9H3/t25-,27+,28-,30+,35+,36-,37-,38+/m1/s1. The highest BCUT2D eigenvalue weighted by Crippen LogP contribution is 2.76. The van der Waals surface area contributed by atoms with Crippen molar-refractivity contribution in [1.29, 1.82) is 0 Å². The van der Waals surface area contributed by atoms with Gasteiger partial charge in [-0.2, -0.15) is 0 Å². The van der Waals surface area contributed by atoms with Crippen molar-refractivity contribution >= 4 is 17.5 Å². The number of aryl methyl sites for hydroxylation is 1. The molecule has 1 aromatic heterocycles. The van der Waals surface area contributed by atoms with Crippen molar-refractivity contribution in [3.63, 3.8) is 0 Å². The number of carbonyl (C=O) groups is 3. The first-order valence-corrected chi connectivity index (χ1v) is 17.3. The Labute approximate surface area is 264 Å². The minimum Gasteiger partial charge on any atom is -0.462 e. The van der Waals surface area contributed by atoms with Crippen LogP contribution in [0, 0.1) is 57.7 Å². The maximum absolute atomic E-state index is 14.5. The van der Waals surface area contributed by atoms with Gasteiger partial charge in [0.2, 0.25) is 0 Å². The number of hydrogen-bond acceptors (Lipinski definition) is 6. The Hall–Kier alpha value is -2.37. The van der Waals surface area contributed by atoms with Crippen LogP contribution >= 0.6 is 0 Å². The van der Waals surface area contributed by atoms with Crippen LogP contribution < -0.4 is 0 Å². The van der Waals surface area contributed by atoms with Gasteiger partial charge in [-0.1, -0.05) is 48.5 Å². The van der Waals surface area contributed by atoms with E-state index in [0.717, 1.165) is 62.6 Å². The highest BCUT2D eigenvalue weighted by Gasteiger charge is 2.70. The minimum absolute atomic E-state index is 0.00445. The fourth-order valence-electron chi connectivity index (χ4n) is 12.3. The number of rotatable bonds is 5. The second kappa shape index (κ2) is 10.3. The molecule has 0 amide bonds. The molecule has 44 heavy (non-hydrogen) atoms. The zero-order valence-corrected chi connectivity index (χ0v) is 28.6. The highest BCUT2D eigenvalue weighted by atomic mass is 16.5. The number of carbonyl (C=O) groups excluding carboxylic acids is 3. The SMILES string of the molecule is CC(=O)O[C@H]1CC[C@]2(C)[C@H]3CC[C@@H]4C5=C(C(C)C)C(=O)C[C@]5(C(=O)Cc5nccc(C)n5)CC[C@@]4(C)[C@]3(C)CC[C@H]2C1(C)C. The number of ketones is 2. The lowest BCUT2D eigenvalue weighted by Crippen LogP contribution is -2.66. The number of Topliss-reactive ketones (excluding diaryl/α,β-unsaturated/α-hetero) is 2. The lowest BCUT2D eigenvalue weighted by molar-refractivity contribution is -0.232. The van der Waals surface area contributed by atoms with E-state index in [9.17, 15) is 14.4 Å². The Morgan fingerprint density at radius 3 is 2.34 bits per heavy atom. The van der Waals surface area contributed by atoms with Crippen molar-refractivity contribution in [2.45, 2.75) is 133 Å². The van der Waals surface area contributed by atoms with Gasteiger partial charge in [0.15, 0.2) is 11.6 Å². The topological polar surface area (TPSA) is 86.2 Å². The Bertz CT molecular complexity index is 1430. The maximum atomic E-state index is 14.5. The van der Waals surface area contributed by atoms with Crippen LogP contribution in [-0.2, 0) is 25.5 Å². The molecule has 0 spiro atoms. The van der Waals surface area contributed by atoms with Crippen LogP contribution in [0.15, 0.2) is 23.4 Å². The van der Waals surface area contributed by atoms with E-state index in [1.165, 1.54) is 5.57 Å². The summed E-state index contributed by atoms with van der Waals surface area (Å²) in [7, 11) is 0. The van der Waals surface area contributed by atoms with Crippen molar-refractivity contribution in [1.82, 2.24) is 9.97 Å². The number of fused-ring (bicyclic) bond motifs is 7. The van der Waals surface area contributed by atoms with Crippen molar-refractivity contribution in [3.8, 4) is 0 Å². The molecule has 0 saturated heterocycles. The highest BCUT2D eigenvalue weighted by molar-refractivity contribution is 6.07. The van der Waals surface area contributed by atoms with Crippen LogP contribution in [0.3, 0.4) is 0 Å². The van der Waals surface area contributed by atoms with Crippen molar-refractivity contribution in [3.05, 3.63) is 34.9 Å². The zero-order chi connectivity index (χ0) is 32.0. The zero-order valence-electron chi connectivity index (χ0n) is 28.6. The van der Waals surface area contributed by atoms with Gasteiger partial charge < -0.3 is 4.74 Å². The van der Waals surface area contributed by atoms with Gasteiger partial charge in [0.05, 0.1) is 11.8 Å². The predicted molar refractivity (Wildman–Crippen MR) is 170 cm³/mol. The van der Waals surface area contributed by atoms with E-state index in [2.05, 4.69) is 58.4 Å². The molecule has 5 aliphatic carbocycles. The van der Waals surface area contributed by atoms with Gasteiger partial charge in [-0.25, -0.2) is 9.97 Å². The Morgan fingerprint density at radius 2 is 1.68 bits per heavy atom. The van der Waals surface area contributed by atoms with Crippen molar-refractivity contribution in [2.75, 3.05) is 0 Å². The van der Waals surface area contributed by atoms with Gasteiger partial charge in [-0.3, -0.25) is 14.4 Å². The fourth-order valence-corrected chi connectivity index (χ4v) is 12.3. The average Bonchev–Trinajstić information content (AvgIpc) is 3.24. The van der Waals surface area contributed by atoms with Gasteiger partial charge in [-0.15, -0.1) is 0 Å². The molecule has 0 aliphatic heterocycles. The van der Waals surface area contributed by atoms with Gasteiger partial charge in [-0.05, 0) is 115 Å². The monoisotopic (exact) mass is 602 g/mol. The Kier molecular flexibility index (Phi) is 7.41. The average molecular weight is 603 g/mol. The maximum Gasteiger partial charge on any atom is 0.302 e. The minimum atomic E-state index is -0.720. The third kappa shape index (κ3) is 4.27. The normalized spacial score (nSPS) is 41.0. The molecule has 8 atom stereocenters. The van der Waals surface area contributed by atoms with Crippen molar-refractivity contribution < 1.29 is 19.1 Å². The summed E-state index contributed by atoms with van der Waals surface area (Å²) in [5.74, 6) is 2.09. The molecule has 5 aliphatic rings. The van der Waals surface area contributed by atoms with E-state index in [1.54, 1.807) is 13.1 Å². The van der Waals surface area contributed by atoms with Gasteiger partial charge >= 0.3 is 5.97 Å². The first kappa shape index (κ1) is 31.6. The molecule has 0 bridgehead atoms. The van der Waals surface area contributed by atoms with E-state index in [4.69, 9.17) is 4.74 Å². The molecule has 6 nitrogen and oxygen atoms in total. The summed E-state index contributed by atoms with van der Waals surface area (Å²) in [5, 5.41) is 0. The second-order valence-electron chi connectivity index (χ2n) is 17.0. The summed E-state index contributed by atoms with van der Waals surface area (Å²) >= 11 is 0. The molecular weight excluding hydrogens is 548 g/mol. The lowest BCUT2D eigenvalue weighted by Gasteiger charge is -2.72. The predicted octanol–water partition coefficient (Wildman–Crippen LogP) is 7.81. The van der Waals surface area contributed by atoms with Gasteiger partial charge in [0.1, 0.15) is 11.9 Å². The third-order valence-corrected chi connectivity index (χ3v) is 14.4. The number of esters is 1. The molecule has 0 N–H and O–H groups in total. The Morgan fingerprint density at radius 1 is 0.955 bits per heavy atom. The number of allylic oxidation sites excluding steroid dienone is 2. The van der Waals surface area contributed by atoms with Crippen LogP contribution in [0.25, 0.3) is 0 Å². The first-order valence-electron chi connectivity index (χ1n) is 17.3. The quantitative estimate of drug-likeness (QED) is 0.320. The van der Waals surface area contributed by atoms with Crippen LogP contribution in [0.5, 0.6) is 0 Å². The van der Waals surface area contributed by atoms with Crippen LogP contribution in [0.4, 0.5) is 0 Å². The molecule has 6 heteroatoms. The molecular formula is C38H54N2O4. The smallest absolute Gasteiger partial charge is 0.302 e. The first-order chi connectivity index (χ1) is 20.5. The molecule has 1 aromatic rings. The number of hydrogen-bond donors (Lipinski definition) is 0. The Balaban J connectivity index is 1.39. The number of aromatic nitrogens is 2. The fraction of sp³-hybridized carbons (Fsp3) is 0.763. The number of nitrogens with zero attached hydrogens (tertiary/aromatic N) is 2. The summed E-state index contributed by atoms with van der Waals surface area (Å²) < 4.78 is 5.92. The third-order valence-electron chi connectivity index (χ3n) is 14.4. The summed E-state index contributed by atoms with van der Waals surface area (Å²) in [5.41, 5.74) is 2.48. The largest absolute Gasteiger partial charge is 0.462 e. The lowest BCUT2D eigenvalue weighted by atomic mass is 9.33. The van der Waals surface area contributed by atoms with E-state index >= 15 is 0 Å². The summed E-state index contributed by atoms with van der Waals surface area (Å²) in [6.45, 7) is 20.1. The van der Waals surface area contributed by atoms with Crippen molar-refractivity contribution in [2.24, 2.45) is 50.7 Å². The molecule has 0 aromatic carbocycles. The van der Waals surface area contributed by atoms with Crippen LogP contribution in [-0.4, -0.2) is 33.6 Å². The van der Waals surface area contributed by atoms with E-state index in [1.807, 2.05) is 13.0 Å². The molecule has 6 rings (SSSR count). The molecule has 240 valence electrons. The molecule has 0 radical (unpaired) electrons.